The van der Waals surface area contributed by atoms with Crippen LogP contribution in [-0.4, -0.2) is 9.78 Å². The summed E-state index contributed by atoms with van der Waals surface area (Å²) in [5.74, 6) is -1.74. The van der Waals surface area contributed by atoms with Crippen molar-refractivity contribution >= 4 is 11.6 Å². The number of halogens is 3. The van der Waals surface area contributed by atoms with E-state index in [4.69, 9.17) is 17.3 Å². The van der Waals surface area contributed by atoms with Crippen molar-refractivity contribution in [1.29, 1.82) is 0 Å². The molecule has 1 unspecified atom stereocenters. The Balaban J connectivity index is 2.25. The van der Waals surface area contributed by atoms with E-state index in [-0.39, 0.29) is 6.04 Å². The van der Waals surface area contributed by atoms with Crippen molar-refractivity contribution in [3.63, 3.8) is 0 Å². The summed E-state index contributed by atoms with van der Waals surface area (Å²) in [6.07, 6.45) is 1.90. The fraction of sp³-hybridized carbons (Fsp3) is 0.357. The van der Waals surface area contributed by atoms with Gasteiger partial charge < -0.3 is 5.73 Å². The average molecular weight is 300 g/mol. The molecule has 3 nitrogen and oxygen atoms in total. The number of hydrogen-bond donors (Lipinski definition) is 1. The summed E-state index contributed by atoms with van der Waals surface area (Å²) in [4.78, 5) is 0. The van der Waals surface area contributed by atoms with Gasteiger partial charge in [-0.05, 0) is 38.0 Å². The molecule has 0 fully saturated rings. The summed E-state index contributed by atoms with van der Waals surface area (Å²) in [7, 11) is 0. The molecule has 1 aromatic heterocycles. The van der Waals surface area contributed by atoms with E-state index >= 15 is 0 Å². The topological polar surface area (TPSA) is 43.8 Å². The van der Waals surface area contributed by atoms with E-state index in [0.29, 0.717) is 22.7 Å². The SMILES string of the molecule is CC(C)n1ncc(Cl)c1C(N)Cc1ccc(F)c(F)c1. The molecule has 1 atom stereocenters. The molecule has 0 saturated heterocycles. The third-order valence-electron chi connectivity index (χ3n) is 3.07. The van der Waals surface area contributed by atoms with Gasteiger partial charge in [-0.25, -0.2) is 8.78 Å². The van der Waals surface area contributed by atoms with Crippen LogP contribution in [0.3, 0.4) is 0 Å². The third kappa shape index (κ3) is 2.99. The monoisotopic (exact) mass is 299 g/mol. The van der Waals surface area contributed by atoms with E-state index in [9.17, 15) is 8.78 Å². The fourth-order valence-electron chi connectivity index (χ4n) is 2.13. The second-order valence-corrected chi connectivity index (χ2v) is 5.38. The number of nitrogens with zero attached hydrogens (tertiary/aromatic N) is 2. The predicted octanol–water partition coefficient (Wildman–Crippen LogP) is 3.64. The van der Waals surface area contributed by atoms with Crippen molar-refractivity contribution in [2.75, 3.05) is 0 Å². The van der Waals surface area contributed by atoms with Crippen LogP contribution in [0.2, 0.25) is 5.02 Å². The number of aromatic nitrogens is 2. The molecule has 6 heteroatoms. The van der Waals surface area contributed by atoms with Crippen LogP contribution in [0.4, 0.5) is 8.78 Å². The highest BCUT2D eigenvalue weighted by Gasteiger charge is 2.19. The Morgan fingerprint density at radius 2 is 2.00 bits per heavy atom. The van der Waals surface area contributed by atoms with E-state index in [0.717, 1.165) is 12.1 Å². The summed E-state index contributed by atoms with van der Waals surface area (Å²) in [5, 5.41) is 4.66. The molecule has 20 heavy (non-hydrogen) atoms. The minimum atomic E-state index is -0.877. The molecule has 2 N–H and O–H groups in total. The van der Waals surface area contributed by atoms with Gasteiger partial charge in [-0.2, -0.15) is 5.10 Å². The van der Waals surface area contributed by atoms with Crippen molar-refractivity contribution in [2.45, 2.75) is 32.4 Å². The maximum Gasteiger partial charge on any atom is 0.159 e. The molecule has 0 aliphatic carbocycles. The second-order valence-electron chi connectivity index (χ2n) is 4.98. The number of rotatable bonds is 4. The minimum absolute atomic E-state index is 0.119. The molecular formula is C14H16ClF2N3. The van der Waals surface area contributed by atoms with Crippen LogP contribution in [-0.2, 0) is 6.42 Å². The quantitative estimate of drug-likeness (QED) is 0.936. The molecule has 0 radical (unpaired) electrons. The van der Waals surface area contributed by atoms with Gasteiger partial charge in [-0.15, -0.1) is 0 Å². The molecule has 2 rings (SSSR count). The first-order valence-electron chi connectivity index (χ1n) is 6.32. The maximum atomic E-state index is 13.2. The van der Waals surface area contributed by atoms with E-state index in [2.05, 4.69) is 5.10 Å². The van der Waals surface area contributed by atoms with Crippen LogP contribution in [0.1, 0.15) is 37.2 Å². The fourth-order valence-corrected chi connectivity index (χ4v) is 2.40. The molecule has 1 aromatic carbocycles. The van der Waals surface area contributed by atoms with Crippen LogP contribution in [0.5, 0.6) is 0 Å². The van der Waals surface area contributed by atoms with Crippen molar-refractivity contribution in [3.05, 3.63) is 52.3 Å². The number of hydrogen-bond acceptors (Lipinski definition) is 2. The lowest BCUT2D eigenvalue weighted by Crippen LogP contribution is -2.20. The first kappa shape index (κ1) is 14.9. The van der Waals surface area contributed by atoms with Crippen molar-refractivity contribution < 1.29 is 8.78 Å². The molecule has 0 amide bonds. The van der Waals surface area contributed by atoms with Gasteiger partial charge in [-0.1, -0.05) is 17.7 Å². The summed E-state index contributed by atoms with van der Waals surface area (Å²) in [5.41, 5.74) is 7.45. The molecule has 0 spiro atoms. The highest BCUT2D eigenvalue weighted by atomic mass is 35.5. The third-order valence-corrected chi connectivity index (χ3v) is 3.36. The Hall–Kier alpha value is -1.46. The normalized spacial score (nSPS) is 12.9. The summed E-state index contributed by atoms with van der Waals surface area (Å²) in [6.45, 7) is 3.94. The minimum Gasteiger partial charge on any atom is -0.322 e. The lowest BCUT2D eigenvalue weighted by Gasteiger charge is -2.17. The first-order valence-corrected chi connectivity index (χ1v) is 6.70. The first-order chi connectivity index (χ1) is 9.40. The van der Waals surface area contributed by atoms with Gasteiger partial charge in [0.2, 0.25) is 0 Å². The Kier molecular flexibility index (Phi) is 4.40. The highest BCUT2D eigenvalue weighted by molar-refractivity contribution is 6.31. The van der Waals surface area contributed by atoms with Gasteiger partial charge in [0.1, 0.15) is 0 Å². The molecule has 1 heterocycles. The Bertz CT molecular complexity index is 610. The summed E-state index contributed by atoms with van der Waals surface area (Å²) in [6, 6.07) is 3.45. The van der Waals surface area contributed by atoms with Crippen LogP contribution in [0.25, 0.3) is 0 Å². The largest absolute Gasteiger partial charge is 0.322 e. The molecule has 0 aliphatic heterocycles. The second kappa shape index (κ2) is 5.89. The molecule has 0 saturated carbocycles. The van der Waals surface area contributed by atoms with Gasteiger partial charge in [-0.3, -0.25) is 4.68 Å². The molecule has 108 valence electrons. The van der Waals surface area contributed by atoms with E-state index in [1.807, 2.05) is 13.8 Å². The summed E-state index contributed by atoms with van der Waals surface area (Å²) >= 11 is 6.11. The lowest BCUT2D eigenvalue weighted by molar-refractivity contribution is 0.483. The van der Waals surface area contributed by atoms with Crippen LogP contribution < -0.4 is 5.73 Å². The maximum absolute atomic E-state index is 13.2. The smallest absolute Gasteiger partial charge is 0.159 e. The lowest BCUT2D eigenvalue weighted by atomic mass is 10.0. The highest BCUT2D eigenvalue weighted by Crippen LogP contribution is 2.26. The van der Waals surface area contributed by atoms with Crippen LogP contribution >= 0.6 is 11.6 Å². The zero-order chi connectivity index (χ0) is 14.9. The van der Waals surface area contributed by atoms with Crippen molar-refractivity contribution in [1.82, 2.24) is 9.78 Å². The van der Waals surface area contributed by atoms with Gasteiger partial charge in [0.15, 0.2) is 11.6 Å². The zero-order valence-corrected chi connectivity index (χ0v) is 12.0. The molecule has 2 aromatic rings. The molecule has 0 bridgehead atoms. The molecule has 0 aliphatic rings. The van der Waals surface area contributed by atoms with Gasteiger partial charge in [0, 0.05) is 6.04 Å². The number of nitrogens with two attached hydrogens (primary N) is 1. The Morgan fingerprint density at radius 3 is 2.60 bits per heavy atom. The van der Waals surface area contributed by atoms with E-state index in [1.54, 1.807) is 10.9 Å². The average Bonchev–Trinajstić information content (AvgIpc) is 2.76. The zero-order valence-electron chi connectivity index (χ0n) is 11.3. The van der Waals surface area contributed by atoms with Crippen molar-refractivity contribution in [3.8, 4) is 0 Å². The van der Waals surface area contributed by atoms with Crippen LogP contribution in [0, 0.1) is 11.6 Å². The predicted molar refractivity (Wildman–Crippen MR) is 74.6 cm³/mol. The van der Waals surface area contributed by atoms with Crippen molar-refractivity contribution in [2.24, 2.45) is 5.73 Å². The number of benzene rings is 1. The Morgan fingerprint density at radius 1 is 1.30 bits per heavy atom. The van der Waals surface area contributed by atoms with Crippen LogP contribution in [0.15, 0.2) is 24.4 Å². The molecular weight excluding hydrogens is 284 g/mol. The summed E-state index contributed by atoms with van der Waals surface area (Å²) < 4.78 is 27.8. The Labute approximate surface area is 121 Å². The van der Waals surface area contributed by atoms with E-state index < -0.39 is 17.7 Å². The van der Waals surface area contributed by atoms with Gasteiger partial charge in [0.25, 0.3) is 0 Å². The van der Waals surface area contributed by atoms with Gasteiger partial charge >= 0.3 is 0 Å². The van der Waals surface area contributed by atoms with E-state index in [1.165, 1.54) is 6.07 Å². The standard InChI is InChI=1S/C14H16ClF2N3/c1-8(2)20-14(10(15)7-19-20)13(18)6-9-3-4-11(16)12(17)5-9/h3-5,7-8,13H,6,18H2,1-2H3. The van der Waals surface area contributed by atoms with Gasteiger partial charge in [0.05, 0.1) is 23.0 Å².